The van der Waals surface area contributed by atoms with Crippen LogP contribution >= 0.6 is 0 Å². The van der Waals surface area contributed by atoms with Gasteiger partial charge >= 0.3 is 5.97 Å². The third-order valence-electron chi connectivity index (χ3n) is 11.0. The molecule has 1 amide bonds. The number of carbonyl (C=O) groups is 3. The molecule has 10 heteroatoms. The first-order chi connectivity index (χ1) is 21.7. The molecule has 1 aromatic heterocycles. The number of rotatable bonds is 4. The largest absolute Gasteiger partial charge is 0.497 e. The molecule has 6 rings (SSSR count). The topological polar surface area (TPSA) is 117 Å². The Bertz CT molecular complexity index is 1430. The van der Waals surface area contributed by atoms with Crippen LogP contribution in [0.15, 0.2) is 18.2 Å². The van der Waals surface area contributed by atoms with Gasteiger partial charge in [-0.15, -0.1) is 0 Å². The van der Waals surface area contributed by atoms with Crippen LogP contribution in [0.4, 0.5) is 0 Å². The van der Waals surface area contributed by atoms with Gasteiger partial charge in [-0.2, -0.15) is 0 Å². The van der Waals surface area contributed by atoms with Gasteiger partial charge in [0, 0.05) is 17.4 Å². The Morgan fingerprint density at radius 3 is 2.58 bits per heavy atom. The average Bonchev–Trinajstić information content (AvgIpc) is 3.56. The lowest BCUT2D eigenvalue weighted by atomic mass is 9.72. The lowest BCUT2D eigenvalue weighted by Gasteiger charge is -2.45. The molecule has 244 valence electrons. The number of aldehydes is 1. The molecule has 2 bridgehead atoms. The fourth-order valence-electron chi connectivity index (χ4n) is 8.10. The molecular weight excluding hydrogens is 574 g/mol. The predicted octanol–water partition coefficient (Wildman–Crippen LogP) is 5.08. The van der Waals surface area contributed by atoms with Crippen molar-refractivity contribution in [3.8, 4) is 11.6 Å². The zero-order valence-electron chi connectivity index (χ0n) is 27.1. The van der Waals surface area contributed by atoms with E-state index in [1.165, 1.54) is 0 Å². The molecule has 2 aromatic rings. The van der Waals surface area contributed by atoms with Crippen LogP contribution in [0.2, 0.25) is 0 Å². The van der Waals surface area contributed by atoms with E-state index in [9.17, 15) is 14.4 Å². The highest BCUT2D eigenvalue weighted by Crippen LogP contribution is 2.45. The number of fused-ring (bicyclic) bond motifs is 5. The van der Waals surface area contributed by atoms with Crippen LogP contribution < -0.4 is 9.47 Å². The smallest absolute Gasteiger partial charge is 0.307 e. The van der Waals surface area contributed by atoms with E-state index in [0.717, 1.165) is 62.4 Å². The summed E-state index contributed by atoms with van der Waals surface area (Å²) in [6.07, 6.45) is 8.53. The van der Waals surface area contributed by atoms with Gasteiger partial charge in [0.25, 0.3) is 0 Å². The number of benzene rings is 1. The molecule has 1 saturated carbocycles. The van der Waals surface area contributed by atoms with Gasteiger partial charge in [0.2, 0.25) is 11.8 Å². The molecule has 10 nitrogen and oxygen atoms in total. The van der Waals surface area contributed by atoms with E-state index in [4.69, 9.17) is 28.9 Å². The maximum absolute atomic E-state index is 14.4. The van der Waals surface area contributed by atoms with Crippen molar-refractivity contribution in [3.05, 3.63) is 23.9 Å². The van der Waals surface area contributed by atoms with Gasteiger partial charge in [0.1, 0.15) is 29.4 Å². The van der Waals surface area contributed by atoms with Crippen molar-refractivity contribution < 1.29 is 33.3 Å². The zero-order chi connectivity index (χ0) is 31.8. The second-order valence-electron chi connectivity index (χ2n) is 14.1. The fraction of sp³-hybridized carbons (Fsp3) is 0.686. The van der Waals surface area contributed by atoms with E-state index in [0.29, 0.717) is 43.2 Å². The van der Waals surface area contributed by atoms with Gasteiger partial charge in [-0.05, 0) is 69.9 Å². The van der Waals surface area contributed by atoms with Gasteiger partial charge in [-0.25, -0.2) is 9.97 Å². The van der Waals surface area contributed by atoms with Crippen LogP contribution in [0.5, 0.6) is 11.6 Å². The summed E-state index contributed by atoms with van der Waals surface area (Å²) in [5.74, 6) is -0.0475. The molecule has 0 spiro atoms. The first-order valence-corrected chi connectivity index (χ1v) is 16.7. The lowest BCUT2D eigenvalue weighted by molar-refractivity contribution is -0.180. The molecule has 0 unspecified atom stereocenters. The number of hydrogen-bond acceptors (Lipinski definition) is 9. The molecule has 3 aliphatic heterocycles. The Kier molecular flexibility index (Phi) is 9.05. The highest BCUT2D eigenvalue weighted by Gasteiger charge is 2.53. The average molecular weight is 622 g/mol. The first-order valence-electron chi connectivity index (χ1n) is 16.7. The molecule has 45 heavy (non-hydrogen) atoms. The van der Waals surface area contributed by atoms with E-state index >= 15 is 0 Å². The Hall–Kier alpha value is -3.27. The summed E-state index contributed by atoms with van der Waals surface area (Å²) in [7, 11) is 1.62. The Morgan fingerprint density at radius 1 is 1.07 bits per heavy atom. The van der Waals surface area contributed by atoms with Crippen molar-refractivity contribution in [1.29, 1.82) is 0 Å². The third kappa shape index (κ3) is 6.14. The fourth-order valence-corrected chi connectivity index (χ4v) is 8.10. The van der Waals surface area contributed by atoms with Crippen molar-refractivity contribution in [1.82, 2.24) is 14.9 Å². The summed E-state index contributed by atoms with van der Waals surface area (Å²) in [5.41, 5.74) is 1.17. The minimum Gasteiger partial charge on any atom is -0.497 e. The zero-order valence-corrected chi connectivity index (χ0v) is 27.1. The maximum Gasteiger partial charge on any atom is 0.307 e. The van der Waals surface area contributed by atoms with Crippen LogP contribution in [-0.4, -0.2) is 77.6 Å². The molecule has 0 radical (unpaired) electrons. The second-order valence-corrected chi connectivity index (χ2v) is 14.1. The predicted molar refractivity (Wildman–Crippen MR) is 167 cm³/mol. The summed E-state index contributed by atoms with van der Waals surface area (Å²) >= 11 is 0. The Morgan fingerprint density at radius 2 is 1.87 bits per heavy atom. The molecule has 1 aromatic carbocycles. The van der Waals surface area contributed by atoms with Crippen molar-refractivity contribution >= 4 is 29.2 Å². The summed E-state index contributed by atoms with van der Waals surface area (Å²) < 4.78 is 23.9. The number of aromatic nitrogens is 2. The van der Waals surface area contributed by atoms with Crippen LogP contribution in [-0.2, 0) is 30.3 Å². The van der Waals surface area contributed by atoms with Gasteiger partial charge in [-0.3, -0.25) is 9.59 Å². The number of hydrogen-bond donors (Lipinski definition) is 0. The van der Waals surface area contributed by atoms with E-state index in [1.807, 2.05) is 32.0 Å². The van der Waals surface area contributed by atoms with Crippen molar-refractivity contribution in [2.45, 2.75) is 103 Å². The van der Waals surface area contributed by atoms with Crippen molar-refractivity contribution in [2.24, 2.45) is 23.2 Å². The molecule has 6 atom stereocenters. The minimum absolute atomic E-state index is 0.0342. The number of amides is 1. The lowest BCUT2D eigenvalue weighted by Crippen LogP contribution is -2.54. The van der Waals surface area contributed by atoms with Crippen LogP contribution in [0.3, 0.4) is 0 Å². The second kappa shape index (κ2) is 12.9. The molecule has 1 aliphatic carbocycles. The van der Waals surface area contributed by atoms with Gasteiger partial charge in [0.05, 0.1) is 56.3 Å². The summed E-state index contributed by atoms with van der Waals surface area (Å²) in [6.45, 7) is 7.04. The van der Waals surface area contributed by atoms with E-state index in [2.05, 4.69) is 6.92 Å². The summed E-state index contributed by atoms with van der Waals surface area (Å²) in [4.78, 5) is 52.2. The van der Waals surface area contributed by atoms with Gasteiger partial charge in [-0.1, -0.05) is 26.7 Å². The van der Waals surface area contributed by atoms with E-state index in [1.54, 1.807) is 12.0 Å². The first kappa shape index (κ1) is 31.7. The van der Waals surface area contributed by atoms with Crippen LogP contribution in [0, 0.1) is 23.2 Å². The van der Waals surface area contributed by atoms with E-state index in [-0.39, 0.29) is 36.7 Å². The SMILES string of the molecule is CC[C@@H]1[C@@H]2CN(C(=O)[C@H](C3(C)COC3)CC(=O)O[C@]3(C)CCC[C@H]3CCCCCc3nc4ccc(OC)cc4nc3O2)[C@@H]1C=O. The van der Waals surface area contributed by atoms with Crippen molar-refractivity contribution in [2.75, 3.05) is 26.9 Å². The Labute approximate surface area is 265 Å². The van der Waals surface area contributed by atoms with Crippen LogP contribution in [0.1, 0.15) is 84.3 Å². The molecule has 3 fully saturated rings. The van der Waals surface area contributed by atoms with Gasteiger partial charge in [0.15, 0.2) is 0 Å². The highest BCUT2D eigenvalue weighted by molar-refractivity contribution is 5.87. The standard InChI is InChI=1S/C35H47N3O7/c1-5-24-29(19-39)38-18-30(24)44-32-27(36-26-14-13-23(42-4)16-28(26)37-32)12-8-6-7-10-22-11-9-15-35(22,3)45-31(40)17-25(33(38)41)34(2)20-43-21-34/h13-14,16,19,22,24-25,29-30H,5-12,15,17-18,20-21H2,1-4H3/t22-,24+,25-,29-,30+,35-/m1/s1. The number of ether oxygens (including phenoxy) is 4. The molecule has 4 heterocycles. The molecular formula is C35H47N3O7. The molecule has 2 saturated heterocycles. The third-order valence-corrected chi connectivity index (χ3v) is 11.0. The van der Waals surface area contributed by atoms with Crippen LogP contribution in [0.25, 0.3) is 11.0 Å². The number of methoxy groups -OCH3 is 1. The summed E-state index contributed by atoms with van der Waals surface area (Å²) in [5, 5.41) is 0. The molecule has 0 N–H and O–H groups in total. The number of nitrogens with zero attached hydrogens (tertiary/aromatic N) is 3. The Balaban J connectivity index is 1.38. The normalized spacial score (nSPS) is 32.4. The number of esters is 1. The number of aryl methyl sites for hydroxylation is 1. The van der Waals surface area contributed by atoms with Gasteiger partial charge < -0.3 is 28.6 Å². The maximum atomic E-state index is 14.4. The van der Waals surface area contributed by atoms with E-state index < -0.39 is 29.1 Å². The monoisotopic (exact) mass is 621 g/mol. The summed E-state index contributed by atoms with van der Waals surface area (Å²) in [6, 6.07) is 4.96. The highest BCUT2D eigenvalue weighted by atomic mass is 16.6. The quantitative estimate of drug-likeness (QED) is 0.340. The van der Waals surface area contributed by atoms with Crippen molar-refractivity contribution in [3.63, 3.8) is 0 Å². The molecule has 4 aliphatic rings. The number of carbonyl (C=O) groups excluding carboxylic acids is 3. The minimum atomic E-state index is -0.675.